The summed E-state index contributed by atoms with van der Waals surface area (Å²) in [6.45, 7) is 5.16. The van der Waals surface area contributed by atoms with Gasteiger partial charge in [0.25, 0.3) is 0 Å². The third-order valence-corrected chi connectivity index (χ3v) is 5.17. The van der Waals surface area contributed by atoms with E-state index in [1.165, 1.54) is 11.8 Å². The van der Waals surface area contributed by atoms with E-state index in [0.717, 1.165) is 11.1 Å². The molecule has 0 aliphatic carbocycles. The number of aromatic nitrogens is 3. The van der Waals surface area contributed by atoms with E-state index in [9.17, 15) is 4.79 Å². The molecule has 3 rings (SSSR count). The number of hydrogen-bond acceptors (Lipinski definition) is 6. The van der Waals surface area contributed by atoms with Gasteiger partial charge in [0.2, 0.25) is 5.91 Å². The number of ether oxygens (including phenoxy) is 2. The van der Waals surface area contributed by atoms with Gasteiger partial charge in [-0.1, -0.05) is 54.2 Å². The molecular weight excluding hydrogens is 400 g/mol. The average molecular weight is 425 g/mol. The Morgan fingerprint density at radius 3 is 2.80 bits per heavy atom. The van der Waals surface area contributed by atoms with Crippen LogP contribution in [0.5, 0.6) is 11.5 Å². The molecule has 0 aliphatic heterocycles. The van der Waals surface area contributed by atoms with Crippen LogP contribution < -0.4 is 14.8 Å². The Balaban J connectivity index is 1.50. The fourth-order valence-electron chi connectivity index (χ4n) is 2.68. The van der Waals surface area contributed by atoms with Crippen LogP contribution in [0.4, 0.5) is 0 Å². The molecule has 0 bridgehead atoms. The standard InChI is InChI=1S/C22H24N4O3S/c1-3-11-26-16-24-25-22(26)30-15-21(27)23-13-18-9-10-19(20(12-18)28-2)29-14-17-7-5-4-6-8-17/h3-10,12,16H,1,11,13-15H2,2H3,(H,23,27). The number of carbonyl (C=O) groups excluding carboxylic acids is 1. The van der Waals surface area contributed by atoms with Gasteiger partial charge < -0.3 is 19.4 Å². The van der Waals surface area contributed by atoms with Gasteiger partial charge in [0.1, 0.15) is 12.9 Å². The number of carbonyl (C=O) groups is 1. The highest BCUT2D eigenvalue weighted by molar-refractivity contribution is 7.99. The van der Waals surface area contributed by atoms with Crippen molar-refractivity contribution in [3.63, 3.8) is 0 Å². The van der Waals surface area contributed by atoms with Crippen LogP contribution in [0.1, 0.15) is 11.1 Å². The molecule has 0 saturated heterocycles. The maximum Gasteiger partial charge on any atom is 0.230 e. The van der Waals surface area contributed by atoms with Crippen molar-refractivity contribution in [3.8, 4) is 11.5 Å². The van der Waals surface area contributed by atoms with E-state index >= 15 is 0 Å². The number of benzene rings is 2. The summed E-state index contributed by atoms with van der Waals surface area (Å²) in [7, 11) is 1.60. The number of allylic oxidation sites excluding steroid dienone is 1. The summed E-state index contributed by atoms with van der Waals surface area (Å²) in [6.07, 6.45) is 3.38. The van der Waals surface area contributed by atoms with Crippen molar-refractivity contribution in [2.24, 2.45) is 0 Å². The highest BCUT2D eigenvalue weighted by Crippen LogP contribution is 2.29. The summed E-state index contributed by atoms with van der Waals surface area (Å²) in [5.74, 6) is 1.46. The number of hydrogen-bond donors (Lipinski definition) is 1. The fraction of sp³-hybridized carbons (Fsp3) is 0.227. The van der Waals surface area contributed by atoms with Crippen molar-refractivity contribution in [2.45, 2.75) is 24.9 Å². The maximum atomic E-state index is 12.2. The lowest BCUT2D eigenvalue weighted by molar-refractivity contribution is -0.118. The summed E-state index contributed by atoms with van der Waals surface area (Å²) in [6, 6.07) is 15.6. The van der Waals surface area contributed by atoms with Crippen molar-refractivity contribution < 1.29 is 14.3 Å². The zero-order valence-electron chi connectivity index (χ0n) is 16.8. The van der Waals surface area contributed by atoms with Crippen LogP contribution in [-0.4, -0.2) is 33.5 Å². The Morgan fingerprint density at radius 1 is 1.20 bits per heavy atom. The smallest absolute Gasteiger partial charge is 0.230 e. The molecule has 0 fully saturated rings. The molecule has 8 heteroatoms. The fourth-order valence-corrected chi connectivity index (χ4v) is 3.43. The van der Waals surface area contributed by atoms with E-state index < -0.39 is 0 Å². The normalized spacial score (nSPS) is 10.4. The van der Waals surface area contributed by atoms with E-state index in [4.69, 9.17) is 9.47 Å². The van der Waals surface area contributed by atoms with Crippen LogP contribution in [0.15, 0.2) is 72.7 Å². The zero-order valence-corrected chi connectivity index (χ0v) is 17.6. The number of methoxy groups -OCH3 is 1. The predicted molar refractivity (Wildman–Crippen MR) is 117 cm³/mol. The molecule has 156 valence electrons. The minimum atomic E-state index is -0.0866. The first-order valence-corrected chi connectivity index (χ1v) is 10.4. The van der Waals surface area contributed by atoms with E-state index in [0.29, 0.717) is 36.4 Å². The number of nitrogens with one attached hydrogen (secondary N) is 1. The van der Waals surface area contributed by atoms with E-state index in [2.05, 4.69) is 22.1 Å². The second-order valence-electron chi connectivity index (χ2n) is 6.38. The SMILES string of the molecule is C=CCn1cnnc1SCC(=O)NCc1ccc(OCc2ccccc2)c(OC)c1. The van der Waals surface area contributed by atoms with Gasteiger partial charge in [-0.3, -0.25) is 4.79 Å². The lowest BCUT2D eigenvalue weighted by atomic mass is 10.2. The molecule has 7 nitrogen and oxygen atoms in total. The molecule has 30 heavy (non-hydrogen) atoms. The molecule has 2 aromatic carbocycles. The number of nitrogens with zero attached hydrogens (tertiary/aromatic N) is 3. The third-order valence-electron chi connectivity index (χ3n) is 4.19. The highest BCUT2D eigenvalue weighted by atomic mass is 32.2. The van der Waals surface area contributed by atoms with Crippen molar-refractivity contribution >= 4 is 17.7 Å². The Bertz CT molecular complexity index is 976. The largest absolute Gasteiger partial charge is 0.493 e. The summed E-state index contributed by atoms with van der Waals surface area (Å²) < 4.78 is 13.2. The van der Waals surface area contributed by atoms with Crippen LogP contribution in [0, 0.1) is 0 Å². The van der Waals surface area contributed by atoms with Gasteiger partial charge in [0.15, 0.2) is 16.7 Å². The van der Waals surface area contributed by atoms with Gasteiger partial charge in [-0.15, -0.1) is 16.8 Å². The Labute approximate surface area is 180 Å². The Kier molecular flexibility index (Phi) is 7.91. The van der Waals surface area contributed by atoms with Gasteiger partial charge in [-0.2, -0.15) is 0 Å². The monoisotopic (exact) mass is 424 g/mol. The molecule has 1 amide bonds. The molecule has 1 heterocycles. The zero-order chi connectivity index (χ0) is 21.2. The van der Waals surface area contributed by atoms with Crippen LogP contribution >= 0.6 is 11.8 Å². The van der Waals surface area contributed by atoms with Crippen molar-refractivity contribution in [3.05, 3.63) is 78.6 Å². The van der Waals surface area contributed by atoms with Gasteiger partial charge in [0, 0.05) is 13.1 Å². The molecule has 1 N–H and O–H groups in total. The molecule has 0 atom stereocenters. The second kappa shape index (κ2) is 11.1. The topological polar surface area (TPSA) is 78.3 Å². The summed E-state index contributed by atoms with van der Waals surface area (Å²) in [5.41, 5.74) is 2.00. The average Bonchev–Trinajstić information content (AvgIpc) is 3.23. The van der Waals surface area contributed by atoms with Crippen LogP contribution in [0.25, 0.3) is 0 Å². The number of amides is 1. The summed E-state index contributed by atoms with van der Waals surface area (Å²) >= 11 is 1.34. The third kappa shape index (κ3) is 6.12. The van der Waals surface area contributed by atoms with Gasteiger partial charge in [-0.25, -0.2) is 0 Å². The lowest BCUT2D eigenvalue weighted by Gasteiger charge is -2.13. The van der Waals surface area contributed by atoms with Gasteiger partial charge in [-0.05, 0) is 23.3 Å². The highest BCUT2D eigenvalue weighted by Gasteiger charge is 2.10. The molecular formula is C22H24N4O3S. The van der Waals surface area contributed by atoms with Gasteiger partial charge in [0.05, 0.1) is 12.9 Å². The molecule has 0 radical (unpaired) electrons. The lowest BCUT2D eigenvalue weighted by Crippen LogP contribution is -2.24. The number of thioether (sulfide) groups is 1. The Hall–Kier alpha value is -3.26. The van der Waals surface area contributed by atoms with E-state index in [1.807, 2.05) is 53.1 Å². The molecule has 0 spiro atoms. The minimum absolute atomic E-state index is 0.0866. The molecule has 0 saturated carbocycles. The summed E-state index contributed by atoms with van der Waals surface area (Å²) in [5, 5.41) is 11.5. The van der Waals surface area contributed by atoms with Crippen LogP contribution in [0.3, 0.4) is 0 Å². The Morgan fingerprint density at radius 2 is 2.03 bits per heavy atom. The molecule has 1 aromatic heterocycles. The first-order chi connectivity index (χ1) is 14.7. The second-order valence-corrected chi connectivity index (χ2v) is 7.32. The van der Waals surface area contributed by atoms with E-state index in [1.54, 1.807) is 19.5 Å². The van der Waals surface area contributed by atoms with Crippen LogP contribution in [-0.2, 0) is 24.5 Å². The van der Waals surface area contributed by atoms with Gasteiger partial charge >= 0.3 is 0 Å². The first-order valence-electron chi connectivity index (χ1n) is 9.41. The van der Waals surface area contributed by atoms with Crippen LogP contribution in [0.2, 0.25) is 0 Å². The first kappa shape index (κ1) is 21.4. The van der Waals surface area contributed by atoms with E-state index in [-0.39, 0.29) is 11.7 Å². The molecule has 3 aromatic rings. The minimum Gasteiger partial charge on any atom is -0.493 e. The van der Waals surface area contributed by atoms with Crippen molar-refractivity contribution in [1.82, 2.24) is 20.1 Å². The molecule has 0 aliphatic rings. The molecule has 0 unspecified atom stereocenters. The van der Waals surface area contributed by atoms with Crippen molar-refractivity contribution in [1.29, 1.82) is 0 Å². The summed E-state index contributed by atoms with van der Waals surface area (Å²) in [4.78, 5) is 12.2. The predicted octanol–water partition coefficient (Wildman–Crippen LogP) is 3.46. The number of rotatable bonds is 11. The quantitative estimate of drug-likeness (QED) is 0.375. The maximum absolute atomic E-state index is 12.2. The van der Waals surface area contributed by atoms with Crippen molar-refractivity contribution in [2.75, 3.05) is 12.9 Å².